The molecule has 1 atom stereocenters. The van der Waals surface area contributed by atoms with Gasteiger partial charge in [-0.25, -0.2) is 4.39 Å². The molecule has 0 radical (unpaired) electrons. The Labute approximate surface area is 160 Å². The van der Waals surface area contributed by atoms with Crippen LogP contribution in [0.1, 0.15) is 40.0 Å². The first-order valence-corrected chi connectivity index (χ1v) is 9.39. The third kappa shape index (κ3) is 2.39. The molecule has 0 bridgehead atoms. The van der Waals surface area contributed by atoms with Crippen LogP contribution in [-0.4, -0.2) is 60.7 Å². The summed E-state index contributed by atoms with van der Waals surface area (Å²) >= 11 is 0. The molecule has 3 fully saturated rings. The summed E-state index contributed by atoms with van der Waals surface area (Å²) in [7, 11) is 0. The van der Waals surface area contributed by atoms with E-state index in [4.69, 9.17) is 0 Å². The van der Waals surface area contributed by atoms with Crippen molar-refractivity contribution in [1.82, 2.24) is 15.5 Å². The van der Waals surface area contributed by atoms with E-state index < -0.39 is 35.5 Å². The lowest BCUT2D eigenvalue weighted by Gasteiger charge is -2.39. The Morgan fingerprint density at radius 2 is 1.79 bits per heavy atom. The fourth-order valence-corrected chi connectivity index (χ4v) is 4.63. The largest absolute Gasteiger partial charge is 0.368 e. The number of imide groups is 2. The molecule has 4 amide bonds. The first-order chi connectivity index (χ1) is 13.4. The molecule has 28 heavy (non-hydrogen) atoms. The lowest BCUT2D eigenvalue weighted by Crippen LogP contribution is -2.54. The summed E-state index contributed by atoms with van der Waals surface area (Å²) in [5.41, 5.74) is 0.548. The highest BCUT2D eigenvalue weighted by Gasteiger charge is 2.47. The lowest BCUT2D eigenvalue weighted by molar-refractivity contribution is -0.136. The molecule has 1 spiro atoms. The highest BCUT2D eigenvalue weighted by Crippen LogP contribution is 2.39. The van der Waals surface area contributed by atoms with Crippen molar-refractivity contribution in [3.05, 3.63) is 29.1 Å². The van der Waals surface area contributed by atoms with Gasteiger partial charge in [-0.1, -0.05) is 0 Å². The standard InChI is InChI=1S/C19H19FN4O4/c20-12-5-10-11(6-14(12)23-4-3-19(9-23)7-21-8-19)18(28)24(17(10)27)13-1-2-15(25)22-16(13)26/h5-6,13,21H,1-4,7-9H2,(H,22,25,26). The van der Waals surface area contributed by atoms with Gasteiger partial charge in [-0.15, -0.1) is 0 Å². The van der Waals surface area contributed by atoms with Gasteiger partial charge in [-0.2, -0.15) is 0 Å². The average molecular weight is 386 g/mol. The molecule has 146 valence electrons. The maximum Gasteiger partial charge on any atom is 0.262 e. The number of carbonyl (C=O) groups excluding carboxylic acids is 4. The molecule has 9 heteroatoms. The predicted octanol–water partition coefficient (Wildman–Crippen LogP) is 0.0266. The van der Waals surface area contributed by atoms with Crippen molar-refractivity contribution in [2.75, 3.05) is 31.1 Å². The fraction of sp³-hybridized carbons (Fsp3) is 0.474. The van der Waals surface area contributed by atoms with E-state index >= 15 is 0 Å². The monoisotopic (exact) mass is 386 g/mol. The molecular formula is C19H19FN4O4. The summed E-state index contributed by atoms with van der Waals surface area (Å²) in [6.07, 6.45) is 1.08. The quantitative estimate of drug-likeness (QED) is 0.696. The van der Waals surface area contributed by atoms with Crippen molar-refractivity contribution >= 4 is 29.3 Å². The summed E-state index contributed by atoms with van der Waals surface area (Å²) in [5, 5.41) is 5.40. The van der Waals surface area contributed by atoms with Crippen LogP contribution in [0.2, 0.25) is 0 Å². The van der Waals surface area contributed by atoms with Crippen molar-refractivity contribution in [1.29, 1.82) is 0 Å². The zero-order valence-corrected chi connectivity index (χ0v) is 15.1. The topological polar surface area (TPSA) is 98.8 Å². The number of halogens is 1. The van der Waals surface area contributed by atoms with Crippen LogP contribution < -0.4 is 15.5 Å². The van der Waals surface area contributed by atoms with Gasteiger partial charge in [0.25, 0.3) is 11.8 Å². The van der Waals surface area contributed by atoms with E-state index in [2.05, 4.69) is 10.6 Å². The minimum atomic E-state index is -1.05. The van der Waals surface area contributed by atoms with Crippen molar-refractivity contribution < 1.29 is 23.6 Å². The Kier molecular flexibility index (Phi) is 3.61. The van der Waals surface area contributed by atoms with Crippen molar-refractivity contribution in [2.24, 2.45) is 5.41 Å². The van der Waals surface area contributed by atoms with Gasteiger partial charge in [-0.3, -0.25) is 29.4 Å². The molecule has 8 nitrogen and oxygen atoms in total. The van der Waals surface area contributed by atoms with Crippen LogP contribution in [-0.2, 0) is 9.59 Å². The number of rotatable bonds is 2. The molecule has 4 aliphatic rings. The summed E-state index contributed by atoms with van der Waals surface area (Å²) in [4.78, 5) is 51.9. The number of benzene rings is 1. The van der Waals surface area contributed by atoms with Crippen LogP contribution in [0.4, 0.5) is 10.1 Å². The second kappa shape index (κ2) is 5.84. The molecule has 1 aromatic carbocycles. The molecule has 0 aliphatic carbocycles. The van der Waals surface area contributed by atoms with Crippen LogP contribution in [0, 0.1) is 11.2 Å². The van der Waals surface area contributed by atoms with Crippen molar-refractivity contribution in [2.45, 2.75) is 25.3 Å². The van der Waals surface area contributed by atoms with E-state index in [1.165, 1.54) is 6.07 Å². The number of nitrogens with zero attached hydrogens (tertiary/aromatic N) is 2. The third-order valence-corrected chi connectivity index (χ3v) is 6.29. The summed E-state index contributed by atoms with van der Waals surface area (Å²) < 4.78 is 14.8. The van der Waals surface area contributed by atoms with Crippen molar-refractivity contribution in [3.63, 3.8) is 0 Å². The van der Waals surface area contributed by atoms with E-state index in [1.807, 2.05) is 4.90 Å². The van der Waals surface area contributed by atoms with E-state index in [0.29, 0.717) is 18.8 Å². The number of anilines is 1. The number of piperidine rings is 1. The number of nitrogens with one attached hydrogen (secondary N) is 2. The number of carbonyl (C=O) groups is 4. The van der Waals surface area contributed by atoms with E-state index in [0.717, 1.165) is 30.5 Å². The Morgan fingerprint density at radius 3 is 2.39 bits per heavy atom. The SMILES string of the molecule is O=C1CCC(N2C(=O)c3cc(F)c(N4CCC5(CNC5)C4)cc3C2=O)C(=O)N1. The maximum absolute atomic E-state index is 14.8. The Morgan fingerprint density at radius 1 is 1.07 bits per heavy atom. The minimum Gasteiger partial charge on any atom is -0.368 e. The molecular weight excluding hydrogens is 367 g/mol. The van der Waals surface area contributed by atoms with Crippen LogP contribution in [0.25, 0.3) is 0 Å². The van der Waals surface area contributed by atoms with Crippen LogP contribution in [0.15, 0.2) is 12.1 Å². The molecule has 4 heterocycles. The number of amides is 4. The molecule has 0 saturated carbocycles. The molecule has 3 saturated heterocycles. The fourth-order valence-electron chi connectivity index (χ4n) is 4.63. The van der Waals surface area contributed by atoms with Gasteiger partial charge in [-0.05, 0) is 25.0 Å². The molecule has 0 aromatic heterocycles. The van der Waals surface area contributed by atoms with Gasteiger partial charge >= 0.3 is 0 Å². The van der Waals surface area contributed by atoms with Crippen LogP contribution in [0.5, 0.6) is 0 Å². The molecule has 5 rings (SSSR count). The van der Waals surface area contributed by atoms with E-state index in [1.54, 1.807) is 0 Å². The average Bonchev–Trinajstić information content (AvgIpc) is 3.17. The first kappa shape index (κ1) is 17.3. The van der Waals surface area contributed by atoms with Gasteiger partial charge < -0.3 is 10.2 Å². The second-order valence-electron chi connectivity index (χ2n) is 8.07. The highest BCUT2D eigenvalue weighted by atomic mass is 19.1. The Bertz CT molecular complexity index is 942. The van der Waals surface area contributed by atoms with Crippen LogP contribution in [0.3, 0.4) is 0 Å². The minimum absolute atomic E-state index is 0.0322. The van der Waals surface area contributed by atoms with Gasteiger partial charge in [0.1, 0.15) is 11.9 Å². The first-order valence-electron chi connectivity index (χ1n) is 9.39. The maximum atomic E-state index is 14.8. The molecule has 1 aromatic rings. The van der Waals surface area contributed by atoms with Crippen molar-refractivity contribution in [3.8, 4) is 0 Å². The Hall–Kier alpha value is -2.81. The third-order valence-electron chi connectivity index (χ3n) is 6.29. The Balaban J connectivity index is 1.46. The zero-order chi connectivity index (χ0) is 19.6. The van der Waals surface area contributed by atoms with E-state index in [9.17, 15) is 23.6 Å². The summed E-state index contributed by atoms with van der Waals surface area (Å²) in [5.74, 6) is -2.96. The predicted molar refractivity (Wildman–Crippen MR) is 95.2 cm³/mol. The number of fused-ring (bicyclic) bond motifs is 1. The van der Waals surface area contributed by atoms with Gasteiger partial charge in [0, 0.05) is 38.0 Å². The van der Waals surface area contributed by atoms with Gasteiger partial charge in [0.05, 0.1) is 16.8 Å². The van der Waals surface area contributed by atoms with E-state index in [-0.39, 0.29) is 29.4 Å². The smallest absolute Gasteiger partial charge is 0.262 e. The van der Waals surface area contributed by atoms with Gasteiger partial charge in [0.2, 0.25) is 11.8 Å². The number of hydrogen-bond acceptors (Lipinski definition) is 6. The molecule has 1 unspecified atom stereocenters. The molecule has 4 aliphatic heterocycles. The summed E-state index contributed by atoms with van der Waals surface area (Å²) in [6.45, 7) is 3.19. The second-order valence-corrected chi connectivity index (χ2v) is 8.07. The normalized spacial score (nSPS) is 26.0. The number of hydrogen-bond donors (Lipinski definition) is 2. The summed E-state index contributed by atoms with van der Waals surface area (Å²) in [6, 6.07) is 1.48. The van der Waals surface area contributed by atoms with Crippen LogP contribution >= 0.6 is 0 Å². The van der Waals surface area contributed by atoms with Gasteiger partial charge in [0.15, 0.2) is 0 Å². The lowest BCUT2D eigenvalue weighted by atomic mass is 9.81. The highest BCUT2D eigenvalue weighted by molar-refractivity contribution is 6.23. The molecule has 2 N–H and O–H groups in total. The zero-order valence-electron chi connectivity index (χ0n) is 15.1.